The first-order chi connectivity index (χ1) is 8.13. The van der Waals surface area contributed by atoms with E-state index in [-0.39, 0.29) is 5.95 Å². The number of rotatable bonds is 1. The Labute approximate surface area is 109 Å². The maximum atomic E-state index is 5.71. The molecule has 3 aromatic heterocycles. The van der Waals surface area contributed by atoms with Crippen LogP contribution in [0.3, 0.4) is 0 Å². The average Bonchev–Trinajstić information content (AvgIpc) is 2.82. The van der Waals surface area contributed by atoms with Gasteiger partial charge in [-0.15, -0.1) is 11.3 Å². The third-order valence-electron chi connectivity index (χ3n) is 2.28. The summed E-state index contributed by atoms with van der Waals surface area (Å²) in [6.07, 6.45) is 3.55. The molecule has 0 aliphatic heterocycles. The van der Waals surface area contributed by atoms with Crippen molar-refractivity contribution < 1.29 is 0 Å². The Hall–Kier alpha value is -1.47. The Bertz CT molecular complexity index is 702. The molecule has 0 radical (unpaired) electrons. The first-order valence-corrected chi connectivity index (χ1v) is 6.48. The number of aromatic nitrogens is 4. The van der Waals surface area contributed by atoms with Gasteiger partial charge in [-0.2, -0.15) is 10.1 Å². The summed E-state index contributed by atoms with van der Waals surface area (Å²) < 4.78 is 2.59. The molecule has 17 heavy (non-hydrogen) atoms. The molecule has 0 aromatic carbocycles. The number of aryl methyl sites for hydroxylation is 1. The van der Waals surface area contributed by atoms with Crippen LogP contribution in [0.15, 0.2) is 22.9 Å². The highest BCUT2D eigenvalue weighted by Gasteiger charge is 2.11. The van der Waals surface area contributed by atoms with Crippen LogP contribution in [0.2, 0.25) is 0 Å². The SMILES string of the molecule is Cc1cc2c(-n3cc(Br)cn3)nc(N)nc2s1. The first-order valence-electron chi connectivity index (χ1n) is 4.88. The molecule has 3 rings (SSSR count). The Kier molecular flexibility index (Phi) is 2.37. The number of nitrogen functional groups attached to an aromatic ring is 1. The van der Waals surface area contributed by atoms with E-state index in [0.717, 1.165) is 14.7 Å². The van der Waals surface area contributed by atoms with Crippen LogP contribution < -0.4 is 5.73 Å². The van der Waals surface area contributed by atoms with Crippen LogP contribution in [-0.2, 0) is 0 Å². The summed E-state index contributed by atoms with van der Waals surface area (Å²) in [6, 6.07) is 2.05. The molecule has 0 aliphatic rings. The molecule has 0 saturated carbocycles. The fraction of sp³-hybridized carbons (Fsp3) is 0.100. The fourth-order valence-corrected chi connectivity index (χ4v) is 2.80. The second kappa shape index (κ2) is 3.78. The van der Waals surface area contributed by atoms with Gasteiger partial charge in [0.1, 0.15) is 4.83 Å². The largest absolute Gasteiger partial charge is 0.368 e. The molecule has 0 fully saturated rings. The zero-order chi connectivity index (χ0) is 12.0. The van der Waals surface area contributed by atoms with E-state index in [2.05, 4.69) is 31.0 Å². The number of nitrogens with zero attached hydrogens (tertiary/aromatic N) is 4. The number of fused-ring (bicyclic) bond motifs is 1. The average molecular weight is 310 g/mol. The second-order valence-corrected chi connectivity index (χ2v) is 5.73. The van der Waals surface area contributed by atoms with E-state index in [1.807, 2.05) is 19.2 Å². The van der Waals surface area contributed by atoms with Crippen LogP contribution in [-0.4, -0.2) is 19.7 Å². The maximum Gasteiger partial charge on any atom is 0.223 e. The van der Waals surface area contributed by atoms with Crippen molar-refractivity contribution >= 4 is 43.4 Å². The molecule has 0 unspecified atom stereocenters. The smallest absolute Gasteiger partial charge is 0.223 e. The molecule has 5 nitrogen and oxygen atoms in total. The van der Waals surface area contributed by atoms with Crippen molar-refractivity contribution in [2.24, 2.45) is 0 Å². The number of anilines is 1. The van der Waals surface area contributed by atoms with E-state index in [0.29, 0.717) is 5.82 Å². The molecule has 0 atom stereocenters. The Morgan fingerprint density at radius 2 is 2.24 bits per heavy atom. The van der Waals surface area contributed by atoms with Crippen molar-refractivity contribution in [1.29, 1.82) is 0 Å². The van der Waals surface area contributed by atoms with Gasteiger partial charge in [-0.05, 0) is 28.9 Å². The van der Waals surface area contributed by atoms with Gasteiger partial charge in [0.2, 0.25) is 5.95 Å². The van der Waals surface area contributed by atoms with Crippen molar-refractivity contribution in [2.45, 2.75) is 6.92 Å². The molecule has 0 amide bonds. The highest BCUT2D eigenvalue weighted by molar-refractivity contribution is 9.10. The lowest BCUT2D eigenvalue weighted by Gasteiger charge is -2.02. The fourth-order valence-electron chi connectivity index (χ4n) is 1.63. The summed E-state index contributed by atoms with van der Waals surface area (Å²) in [7, 11) is 0. The third kappa shape index (κ3) is 1.81. The number of hydrogen-bond acceptors (Lipinski definition) is 5. The molecule has 0 saturated heterocycles. The lowest BCUT2D eigenvalue weighted by Crippen LogP contribution is -2.03. The number of nitrogens with two attached hydrogens (primary N) is 1. The molecule has 0 bridgehead atoms. The Morgan fingerprint density at radius 3 is 2.94 bits per heavy atom. The second-order valence-electron chi connectivity index (χ2n) is 3.58. The summed E-state index contributed by atoms with van der Waals surface area (Å²) in [5.74, 6) is 0.975. The number of halogens is 1. The minimum absolute atomic E-state index is 0.265. The van der Waals surface area contributed by atoms with Gasteiger partial charge in [-0.25, -0.2) is 9.67 Å². The summed E-state index contributed by atoms with van der Waals surface area (Å²) >= 11 is 4.96. The van der Waals surface area contributed by atoms with Crippen molar-refractivity contribution in [1.82, 2.24) is 19.7 Å². The van der Waals surface area contributed by atoms with E-state index in [1.165, 1.54) is 4.88 Å². The molecule has 0 aliphatic carbocycles. The first kappa shape index (κ1) is 10.7. The molecule has 3 heterocycles. The topological polar surface area (TPSA) is 69.6 Å². The van der Waals surface area contributed by atoms with Crippen LogP contribution >= 0.6 is 27.3 Å². The van der Waals surface area contributed by atoms with Gasteiger partial charge in [0.15, 0.2) is 5.82 Å². The van der Waals surface area contributed by atoms with E-state index >= 15 is 0 Å². The lowest BCUT2D eigenvalue weighted by atomic mass is 10.3. The highest BCUT2D eigenvalue weighted by atomic mass is 79.9. The van der Waals surface area contributed by atoms with E-state index in [4.69, 9.17) is 5.73 Å². The Morgan fingerprint density at radius 1 is 1.41 bits per heavy atom. The van der Waals surface area contributed by atoms with Crippen LogP contribution in [0.25, 0.3) is 16.0 Å². The highest BCUT2D eigenvalue weighted by Crippen LogP contribution is 2.28. The Balaban J connectivity index is 2.34. The van der Waals surface area contributed by atoms with Gasteiger partial charge < -0.3 is 5.73 Å². The molecule has 86 valence electrons. The van der Waals surface area contributed by atoms with Gasteiger partial charge in [0.05, 0.1) is 16.1 Å². The predicted octanol–water partition coefficient (Wildman–Crippen LogP) is 2.53. The van der Waals surface area contributed by atoms with E-state index < -0.39 is 0 Å². The monoisotopic (exact) mass is 309 g/mol. The van der Waals surface area contributed by atoms with E-state index in [9.17, 15) is 0 Å². The van der Waals surface area contributed by atoms with Crippen molar-refractivity contribution in [2.75, 3.05) is 5.73 Å². The summed E-state index contributed by atoms with van der Waals surface area (Å²) in [5, 5.41) is 5.18. The standard InChI is InChI=1S/C10H8BrN5S/c1-5-2-7-8(16-4-6(11)3-13-16)14-10(12)15-9(7)17-5/h2-4H,1H3,(H2,12,14,15). The zero-order valence-electron chi connectivity index (χ0n) is 8.88. The maximum absolute atomic E-state index is 5.71. The van der Waals surface area contributed by atoms with Gasteiger partial charge in [-0.1, -0.05) is 0 Å². The van der Waals surface area contributed by atoms with Gasteiger partial charge in [0.25, 0.3) is 0 Å². The van der Waals surface area contributed by atoms with Gasteiger partial charge in [0, 0.05) is 11.1 Å². The molecule has 0 spiro atoms. The summed E-state index contributed by atoms with van der Waals surface area (Å²) in [6.45, 7) is 2.03. The van der Waals surface area contributed by atoms with E-state index in [1.54, 1.807) is 22.2 Å². The third-order valence-corrected chi connectivity index (χ3v) is 3.64. The van der Waals surface area contributed by atoms with Gasteiger partial charge >= 0.3 is 0 Å². The minimum Gasteiger partial charge on any atom is -0.368 e. The van der Waals surface area contributed by atoms with Gasteiger partial charge in [-0.3, -0.25) is 0 Å². The molecular formula is C10H8BrN5S. The van der Waals surface area contributed by atoms with Crippen LogP contribution in [0.5, 0.6) is 0 Å². The normalized spacial score (nSPS) is 11.2. The van der Waals surface area contributed by atoms with Crippen LogP contribution in [0, 0.1) is 6.92 Å². The minimum atomic E-state index is 0.265. The molecular weight excluding hydrogens is 302 g/mol. The summed E-state index contributed by atoms with van der Waals surface area (Å²) in [4.78, 5) is 10.5. The van der Waals surface area contributed by atoms with Crippen molar-refractivity contribution in [3.8, 4) is 5.82 Å². The van der Waals surface area contributed by atoms with Crippen molar-refractivity contribution in [3.05, 3.63) is 27.8 Å². The summed E-state index contributed by atoms with van der Waals surface area (Å²) in [5.41, 5.74) is 5.71. The van der Waals surface area contributed by atoms with Crippen LogP contribution in [0.1, 0.15) is 4.88 Å². The predicted molar refractivity (Wildman–Crippen MR) is 71.4 cm³/mol. The molecule has 3 aromatic rings. The molecule has 2 N–H and O–H groups in total. The molecule has 7 heteroatoms. The zero-order valence-corrected chi connectivity index (χ0v) is 11.3. The quantitative estimate of drug-likeness (QED) is 0.750. The van der Waals surface area contributed by atoms with Crippen LogP contribution in [0.4, 0.5) is 5.95 Å². The number of hydrogen-bond donors (Lipinski definition) is 1. The van der Waals surface area contributed by atoms with Crippen molar-refractivity contribution in [3.63, 3.8) is 0 Å². The number of thiophene rings is 1. The lowest BCUT2D eigenvalue weighted by molar-refractivity contribution is 0.854.